The molecule has 1 aromatic rings. The molecular weight excluding hydrogens is 342 g/mol. The number of hydrogen-bond acceptors (Lipinski definition) is 2. The molecule has 0 fully saturated rings. The highest BCUT2D eigenvalue weighted by Gasteiger charge is 2.37. The van der Waals surface area contributed by atoms with Crippen LogP contribution in [-0.2, 0) is 10.8 Å². The van der Waals surface area contributed by atoms with Crippen LogP contribution in [0, 0.1) is 0 Å². The van der Waals surface area contributed by atoms with Crippen molar-refractivity contribution in [3.8, 4) is 0 Å². The van der Waals surface area contributed by atoms with Gasteiger partial charge in [0.25, 0.3) is 0 Å². The number of halogens is 1. The van der Waals surface area contributed by atoms with Crippen molar-refractivity contribution in [2.75, 3.05) is 6.61 Å². The summed E-state index contributed by atoms with van der Waals surface area (Å²) in [4.78, 5) is 4.84. The van der Waals surface area contributed by atoms with Crippen molar-refractivity contribution in [2.45, 2.75) is 58.3 Å². The quantitative estimate of drug-likeness (QED) is 0.672. The molecular formula is C17H26BrNOSi. The fourth-order valence-corrected chi connectivity index (χ4v) is 3.92. The highest BCUT2D eigenvalue weighted by atomic mass is 79.9. The van der Waals surface area contributed by atoms with Gasteiger partial charge in [-0.1, -0.05) is 48.8 Å². The van der Waals surface area contributed by atoms with Crippen molar-refractivity contribution < 1.29 is 4.43 Å². The van der Waals surface area contributed by atoms with Crippen LogP contribution in [0.25, 0.3) is 0 Å². The molecule has 21 heavy (non-hydrogen) atoms. The van der Waals surface area contributed by atoms with Crippen molar-refractivity contribution in [1.29, 1.82) is 0 Å². The Labute approximate surface area is 138 Å². The molecule has 2 nitrogen and oxygen atoms in total. The van der Waals surface area contributed by atoms with Crippen LogP contribution in [0.5, 0.6) is 0 Å². The molecule has 0 aromatic heterocycles. The molecule has 0 saturated heterocycles. The van der Waals surface area contributed by atoms with Gasteiger partial charge in [0.05, 0.1) is 12.6 Å². The van der Waals surface area contributed by atoms with Gasteiger partial charge in [-0.3, -0.25) is 4.99 Å². The molecule has 116 valence electrons. The Balaban J connectivity index is 2.12. The molecule has 1 unspecified atom stereocenters. The fraction of sp³-hybridized carbons (Fsp3) is 0.588. The van der Waals surface area contributed by atoms with Gasteiger partial charge in [0.1, 0.15) is 0 Å². The van der Waals surface area contributed by atoms with Crippen LogP contribution in [-0.4, -0.2) is 26.7 Å². The van der Waals surface area contributed by atoms with E-state index in [-0.39, 0.29) is 11.1 Å². The van der Waals surface area contributed by atoms with Crippen LogP contribution in [0.3, 0.4) is 0 Å². The van der Waals surface area contributed by atoms with Crippen molar-refractivity contribution >= 4 is 30.0 Å². The van der Waals surface area contributed by atoms with Crippen LogP contribution < -0.4 is 0 Å². The van der Waals surface area contributed by atoms with E-state index in [1.165, 1.54) is 15.6 Å². The Kier molecular flexibility index (Phi) is 4.81. The molecule has 4 heteroatoms. The van der Waals surface area contributed by atoms with E-state index < -0.39 is 8.32 Å². The summed E-state index contributed by atoms with van der Waals surface area (Å²) in [6.45, 7) is 14.3. The van der Waals surface area contributed by atoms with E-state index in [0.29, 0.717) is 0 Å². The molecule has 0 saturated carbocycles. The van der Waals surface area contributed by atoms with Crippen LogP contribution in [0.15, 0.2) is 27.7 Å². The van der Waals surface area contributed by atoms with Gasteiger partial charge in [-0.05, 0) is 48.7 Å². The summed E-state index contributed by atoms with van der Waals surface area (Å²) >= 11 is 3.67. The molecule has 0 amide bonds. The molecule has 1 aliphatic heterocycles. The van der Waals surface area contributed by atoms with Crippen molar-refractivity contribution in [3.63, 3.8) is 0 Å². The minimum atomic E-state index is -1.70. The molecule has 1 aliphatic rings. The fourth-order valence-electron chi connectivity index (χ4n) is 2.35. The lowest BCUT2D eigenvalue weighted by atomic mass is 9.94. The van der Waals surface area contributed by atoms with Gasteiger partial charge in [0, 0.05) is 10.2 Å². The van der Waals surface area contributed by atoms with E-state index in [1.807, 2.05) is 0 Å². The molecule has 1 atom stereocenters. The van der Waals surface area contributed by atoms with Gasteiger partial charge in [0.2, 0.25) is 0 Å². The van der Waals surface area contributed by atoms with E-state index in [9.17, 15) is 0 Å². The first-order valence-electron chi connectivity index (χ1n) is 7.58. The van der Waals surface area contributed by atoms with Gasteiger partial charge < -0.3 is 4.43 Å². The first kappa shape index (κ1) is 16.9. The summed E-state index contributed by atoms with van der Waals surface area (Å²) in [5, 5.41) is 0.249. The zero-order chi connectivity index (χ0) is 15.8. The van der Waals surface area contributed by atoms with Gasteiger partial charge in [-0.25, -0.2) is 0 Å². The molecule has 0 spiro atoms. The average molecular weight is 368 g/mol. The lowest BCUT2D eigenvalue weighted by Gasteiger charge is -2.37. The van der Waals surface area contributed by atoms with Gasteiger partial charge in [-0.15, -0.1) is 0 Å². The second-order valence-corrected chi connectivity index (χ2v) is 13.1. The Hall–Kier alpha value is -0.453. The molecule has 0 aliphatic carbocycles. The van der Waals surface area contributed by atoms with E-state index in [1.54, 1.807) is 0 Å². The molecule has 2 rings (SSSR count). The Bertz CT molecular complexity index is 560. The molecule has 0 bridgehead atoms. The Morgan fingerprint density at radius 3 is 2.62 bits per heavy atom. The Morgan fingerprint density at radius 2 is 2.00 bits per heavy atom. The summed E-state index contributed by atoms with van der Waals surface area (Å²) in [6, 6.07) is 6.59. The molecule has 0 N–H and O–H groups in total. The van der Waals surface area contributed by atoms with Crippen molar-refractivity contribution in [2.24, 2.45) is 4.99 Å². The zero-order valence-electron chi connectivity index (χ0n) is 14.0. The highest BCUT2D eigenvalue weighted by Crippen LogP contribution is 2.37. The third-order valence-corrected chi connectivity index (χ3v) is 10.0. The van der Waals surface area contributed by atoms with Crippen molar-refractivity contribution in [1.82, 2.24) is 0 Å². The van der Waals surface area contributed by atoms with Crippen molar-refractivity contribution in [3.05, 3.63) is 33.8 Å². The number of aliphatic imine (C=N–C) groups is 1. The van der Waals surface area contributed by atoms with E-state index >= 15 is 0 Å². The maximum atomic E-state index is 6.35. The average Bonchev–Trinajstić information content (AvgIpc) is 2.36. The molecule has 1 aromatic carbocycles. The minimum absolute atomic E-state index is 0.241. The summed E-state index contributed by atoms with van der Waals surface area (Å²) in [5.41, 5.74) is 3.77. The number of rotatable bonds is 3. The summed E-state index contributed by atoms with van der Waals surface area (Å²) in [6.07, 6.45) is 0.961. The van der Waals surface area contributed by atoms with Crippen LogP contribution in [0.2, 0.25) is 18.1 Å². The normalized spacial score (nSPS) is 19.2. The standard InChI is InChI=1S/C17H26BrNOSi/c1-12-14-8-7-9-16(18)15(14)10-13(19-12)11-20-21(5,6)17(2,3)4/h7-9,13H,10-11H2,1-6H3. The largest absolute Gasteiger partial charge is 0.415 e. The number of benzene rings is 1. The third-order valence-electron chi connectivity index (χ3n) is 4.77. The smallest absolute Gasteiger partial charge is 0.192 e. The third kappa shape index (κ3) is 3.66. The first-order chi connectivity index (χ1) is 9.62. The summed E-state index contributed by atoms with van der Waals surface area (Å²) < 4.78 is 7.54. The maximum absolute atomic E-state index is 6.35. The van der Waals surface area contributed by atoms with Crippen LogP contribution >= 0.6 is 15.9 Å². The first-order valence-corrected chi connectivity index (χ1v) is 11.3. The predicted molar refractivity (Wildman–Crippen MR) is 97.0 cm³/mol. The zero-order valence-corrected chi connectivity index (χ0v) is 16.5. The van der Waals surface area contributed by atoms with Gasteiger partial charge in [-0.2, -0.15) is 0 Å². The molecule has 1 heterocycles. The topological polar surface area (TPSA) is 21.6 Å². The number of nitrogens with zero attached hydrogens (tertiary/aromatic N) is 1. The predicted octanol–water partition coefficient (Wildman–Crippen LogP) is 5.20. The van der Waals surface area contributed by atoms with E-state index in [4.69, 9.17) is 9.42 Å². The monoisotopic (exact) mass is 367 g/mol. The second kappa shape index (κ2) is 5.97. The highest BCUT2D eigenvalue weighted by molar-refractivity contribution is 9.10. The number of hydrogen-bond donors (Lipinski definition) is 0. The van der Waals surface area contributed by atoms with Gasteiger partial charge >= 0.3 is 0 Å². The summed E-state index contributed by atoms with van der Waals surface area (Å²) in [5.74, 6) is 0. The minimum Gasteiger partial charge on any atom is -0.415 e. The van der Waals surface area contributed by atoms with E-state index in [0.717, 1.165) is 18.7 Å². The van der Waals surface area contributed by atoms with E-state index in [2.05, 4.69) is 74.9 Å². The van der Waals surface area contributed by atoms with Crippen LogP contribution in [0.1, 0.15) is 38.8 Å². The lowest BCUT2D eigenvalue weighted by Crippen LogP contribution is -2.43. The summed E-state index contributed by atoms with van der Waals surface area (Å²) in [7, 11) is -1.70. The Morgan fingerprint density at radius 1 is 1.33 bits per heavy atom. The lowest BCUT2D eigenvalue weighted by molar-refractivity contribution is 0.262. The SMILES string of the molecule is CC1=NC(CO[Si](C)(C)C(C)(C)C)Cc2c(Br)cccc21. The number of fused-ring (bicyclic) bond motifs is 1. The van der Waals surface area contributed by atoms with Gasteiger partial charge in [0.15, 0.2) is 8.32 Å². The maximum Gasteiger partial charge on any atom is 0.192 e. The molecule has 0 radical (unpaired) electrons. The van der Waals surface area contributed by atoms with Crippen LogP contribution in [0.4, 0.5) is 0 Å². The second-order valence-electron chi connectivity index (χ2n) is 7.41.